The van der Waals surface area contributed by atoms with Crippen LogP contribution in [0.4, 0.5) is 0 Å². The Balaban J connectivity index is 2.26. The minimum Gasteiger partial charge on any atom is -0.455 e. The van der Waals surface area contributed by atoms with Gasteiger partial charge < -0.3 is 10.1 Å². The highest BCUT2D eigenvalue weighted by atomic mass is 35.5. The van der Waals surface area contributed by atoms with Gasteiger partial charge in [0.15, 0.2) is 0 Å². The van der Waals surface area contributed by atoms with E-state index in [2.05, 4.69) is 10.3 Å². The Morgan fingerprint density at radius 2 is 2.24 bits per heavy atom. The van der Waals surface area contributed by atoms with Crippen molar-refractivity contribution in [2.45, 2.75) is 6.54 Å². The molecule has 0 fully saturated rings. The van der Waals surface area contributed by atoms with E-state index in [0.29, 0.717) is 17.3 Å². The summed E-state index contributed by atoms with van der Waals surface area (Å²) in [6, 6.07) is 9.27. The first-order valence-corrected chi connectivity index (χ1v) is 5.68. The van der Waals surface area contributed by atoms with Gasteiger partial charge in [0.05, 0.1) is 6.20 Å². The maximum Gasteiger partial charge on any atom is 0.145 e. The molecule has 2 aromatic rings. The Morgan fingerprint density at radius 1 is 1.35 bits per heavy atom. The van der Waals surface area contributed by atoms with Crippen molar-refractivity contribution >= 4 is 11.6 Å². The third-order valence-electron chi connectivity index (χ3n) is 2.25. The van der Waals surface area contributed by atoms with Crippen LogP contribution in [-0.2, 0) is 6.54 Å². The van der Waals surface area contributed by atoms with Crippen LogP contribution in [0, 0.1) is 0 Å². The lowest BCUT2D eigenvalue weighted by atomic mass is 10.2. The maximum absolute atomic E-state index is 5.96. The van der Waals surface area contributed by atoms with Crippen molar-refractivity contribution in [1.29, 1.82) is 0 Å². The van der Waals surface area contributed by atoms with Crippen LogP contribution in [0.15, 0.2) is 42.7 Å². The van der Waals surface area contributed by atoms with Crippen molar-refractivity contribution < 1.29 is 4.74 Å². The standard InChI is InChI=1S/C13H13ClN2O/c1-15-8-10-7-11(14)4-5-13(10)17-12-3-2-6-16-9-12/h2-7,9,15H,8H2,1H3. The summed E-state index contributed by atoms with van der Waals surface area (Å²) in [6.07, 6.45) is 3.39. The van der Waals surface area contributed by atoms with Gasteiger partial charge >= 0.3 is 0 Å². The van der Waals surface area contributed by atoms with E-state index in [4.69, 9.17) is 16.3 Å². The quantitative estimate of drug-likeness (QED) is 0.902. The molecule has 88 valence electrons. The summed E-state index contributed by atoms with van der Waals surface area (Å²) in [5.74, 6) is 1.50. The monoisotopic (exact) mass is 248 g/mol. The normalized spacial score (nSPS) is 10.2. The molecule has 3 nitrogen and oxygen atoms in total. The molecule has 0 unspecified atom stereocenters. The van der Waals surface area contributed by atoms with Gasteiger partial charge in [0.1, 0.15) is 11.5 Å². The fourth-order valence-corrected chi connectivity index (χ4v) is 1.71. The van der Waals surface area contributed by atoms with Crippen molar-refractivity contribution in [1.82, 2.24) is 10.3 Å². The fraction of sp³-hybridized carbons (Fsp3) is 0.154. The summed E-state index contributed by atoms with van der Waals surface area (Å²) in [5.41, 5.74) is 1.02. The second-order valence-electron chi connectivity index (χ2n) is 3.57. The Bertz CT molecular complexity index is 488. The van der Waals surface area contributed by atoms with Gasteiger partial charge in [0.25, 0.3) is 0 Å². The van der Waals surface area contributed by atoms with Crippen LogP contribution < -0.4 is 10.1 Å². The van der Waals surface area contributed by atoms with Crippen molar-refractivity contribution in [3.63, 3.8) is 0 Å². The number of pyridine rings is 1. The predicted octanol–water partition coefficient (Wildman–Crippen LogP) is 3.25. The third-order valence-corrected chi connectivity index (χ3v) is 2.49. The van der Waals surface area contributed by atoms with Crippen LogP contribution in [0.25, 0.3) is 0 Å². The highest BCUT2D eigenvalue weighted by molar-refractivity contribution is 6.30. The van der Waals surface area contributed by atoms with Crippen LogP contribution in [0.1, 0.15) is 5.56 Å². The molecule has 0 aliphatic carbocycles. The minimum absolute atomic E-state index is 0.703. The number of nitrogens with one attached hydrogen (secondary N) is 1. The van der Waals surface area contributed by atoms with Crippen LogP contribution in [0.3, 0.4) is 0 Å². The summed E-state index contributed by atoms with van der Waals surface area (Å²) in [5, 5.41) is 3.79. The maximum atomic E-state index is 5.96. The molecule has 1 aromatic heterocycles. The fourth-order valence-electron chi connectivity index (χ4n) is 1.51. The highest BCUT2D eigenvalue weighted by Crippen LogP contribution is 2.27. The van der Waals surface area contributed by atoms with E-state index in [9.17, 15) is 0 Å². The minimum atomic E-state index is 0.703. The molecule has 2 rings (SSSR count). The van der Waals surface area contributed by atoms with Crippen molar-refractivity contribution in [3.05, 3.63) is 53.3 Å². The molecular formula is C13H13ClN2O. The summed E-state index contributed by atoms with van der Waals surface area (Å²) in [7, 11) is 1.88. The van der Waals surface area contributed by atoms with E-state index in [1.54, 1.807) is 12.4 Å². The number of hydrogen-bond acceptors (Lipinski definition) is 3. The topological polar surface area (TPSA) is 34.1 Å². The summed E-state index contributed by atoms with van der Waals surface area (Å²) < 4.78 is 5.76. The molecule has 1 N–H and O–H groups in total. The zero-order valence-electron chi connectivity index (χ0n) is 9.48. The van der Waals surface area contributed by atoms with E-state index in [0.717, 1.165) is 11.3 Å². The first-order chi connectivity index (χ1) is 8.29. The molecule has 0 saturated carbocycles. The first kappa shape index (κ1) is 11.9. The SMILES string of the molecule is CNCc1cc(Cl)ccc1Oc1cccnc1. The van der Waals surface area contributed by atoms with Crippen molar-refractivity contribution in [2.75, 3.05) is 7.05 Å². The predicted molar refractivity (Wildman–Crippen MR) is 68.5 cm³/mol. The van der Waals surface area contributed by atoms with Gasteiger partial charge in [0, 0.05) is 23.3 Å². The van der Waals surface area contributed by atoms with Crippen molar-refractivity contribution in [2.24, 2.45) is 0 Å². The average molecular weight is 249 g/mol. The second kappa shape index (κ2) is 5.66. The Kier molecular flexibility index (Phi) is 3.96. The summed E-state index contributed by atoms with van der Waals surface area (Å²) in [6.45, 7) is 0.705. The molecule has 0 aliphatic heterocycles. The van der Waals surface area contributed by atoms with Crippen LogP contribution in [-0.4, -0.2) is 12.0 Å². The first-order valence-electron chi connectivity index (χ1n) is 5.30. The number of halogens is 1. The highest BCUT2D eigenvalue weighted by Gasteiger charge is 2.05. The number of hydrogen-bond donors (Lipinski definition) is 1. The van der Waals surface area contributed by atoms with Crippen LogP contribution >= 0.6 is 11.6 Å². The molecule has 0 radical (unpaired) electrons. The number of aromatic nitrogens is 1. The van der Waals surface area contributed by atoms with Gasteiger partial charge in [-0.3, -0.25) is 4.98 Å². The molecule has 1 heterocycles. The Morgan fingerprint density at radius 3 is 2.94 bits per heavy atom. The van der Waals surface area contributed by atoms with E-state index in [1.165, 1.54) is 0 Å². The largest absolute Gasteiger partial charge is 0.455 e. The van der Waals surface area contributed by atoms with Gasteiger partial charge in [-0.05, 0) is 37.4 Å². The van der Waals surface area contributed by atoms with Gasteiger partial charge in [-0.25, -0.2) is 0 Å². The van der Waals surface area contributed by atoms with Crippen LogP contribution in [0.2, 0.25) is 5.02 Å². The second-order valence-corrected chi connectivity index (χ2v) is 4.01. The Hall–Kier alpha value is -1.58. The molecular weight excluding hydrogens is 236 g/mol. The smallest absolute Gasteiger partial charge is 0.145 e. The lowest BCUT2D eigenvalue weighted by Crippen LogP contribution is -2.06. The van der Waals surface area contributed by atoms with Gasteiger partial charge in [-0.2, -0.15) is 0 Å². The third kappa shape index (κ3) is 3.19. The average Bonchev–Trinajstić information content (AvgIpc) is 2.34. The number of nitrogens with zero attached hydrogens (tertiary/aromatic N) is 1. The number of ether oxygens (including phenoxy) is 1. The lowest BCUT2D eigenvalue weighted by molar-refractivity contribution is 0.472. The number of rotatable bonds is 4. The molecule has 4 heteroatoms. The van der Waals surface area contributed by atoms with E-state index < -0.39 is 0 Å². The van der Waals surface area contributed by atoms with Gasteiger partial charge in [-0.15, -0.1) is 0 Å². The lowest BCUT2D eigenvalue weighted by Gasteiger charge is -2.10. The summed E-state index contributed by atoms with van der Waals surface area (Å²) in [4.78, 5) is 4.01. The molecule has 17 heavy (non-hydrogen) atoms. The van der Waals surface area contributed by atoms with E-state index in [-0.39, 0.29) is 0 Å². The zero-order chi connectivity index (χ0) is 12.1. The molecule has 1 aromatic carbocycles. The van der Waals surface area contributed by atoms with Crippen LogP contribution in [0.5, 0.6) is 11.5 Å². The molecule has 0 bridgehead atoms. The van der Waals surface area contributed by atoms with E-state index >= 15 is 0 Å². The molecule has 0 aliphatic rings. The van der Waals surface area contributed by atoms with E-state index in [1.807, 2.05) is 37.4 Å². The summed E-state index contributed by atoms with van der Waals surface area (Å²) >= 11 is 5.96. The Labute approximate surface area is 105 Å². The molecule has 0 spiro atoms. The molecule has 0 saturated heterocycles. The number of benzene rings is 1. The van der Waals surface area contributed by atoms with Gasteiger partial charge in [-0.1, -0.05) is 11.6 Å². The van der Waals surface area contributed by atoms with Crippen molar-refractivity contribution in [3.8, 4) is 11.5 Å². The zero-order valence-corrected chi connectivity index (χ0v) is 10.2. The molecule has 0 atom stereocenters. The molecule has 0 amide bonds. The van der Waals surface area contributed by atoms with Gasteiger partial charge in [0.2, 0.25) is 0 Å².